The van der Waals surface area contributed by atoms with Crippen molar-refractivity contribution in [2.24, 2.45) is 0 Å². The van der Waals surface area contributed by atoms with Gasteiger partial charge in [-0.25, -0.2) is 8.42 Å². The Kier molecular flexibility index (Phi) is 6.49. The smallest absolute Gasteiger partial charge is 0.253 e. The molecule has 1 amide bonds. The molecule has 2 aromatic rings. The first-order valence-corrected chi connectivity index (χ1v) is 11.8. The molecular weight excluding hydrogens is 420 g/mol. The van der Waals surface area contributed by atoms with Gasteiger partial charge in [-0.15, -0.1) is 5.10 Å². The largest absolute Gasteiger partial charge is 0.473 e. The van der Waals surface area contributed by atoms with Crippen molar-refractivity contribution in [3.05, 3.63) is 47.7 Å². The summed E-state index contributed by atoms with van der Waals surface area (Å²) >= 11 is 0. The minimum Gasteiger partial charge on any atom is -0.473 e. The molecule has 166 valence electrons. The fourth-order valence-corrected chi connectivity index (χ4v) is 5.09. The quantitative estimate of drug-likeness (QED) is 0.686. The number of sulfonamides is 1. The van der Waals surface area contributed by atoms with Gasteiger partial charge in [0.2, 0.25) is 15.9 Å². The number of aromatic nitrogens is 2. The molecule has 0 N–H and O–H groups in total. The molecule has 0 radical (unpaired) electrons. The number of hydrogen-bond donors (Lipinski definition) is 0. The van der Waals surface area contributed by atoms with Gasteiger partial charge in [0.25, 0.3) is 5.91 Å². The van der Waals surface area contributed by atoms with Crippen LogP contribution in [-0.2, 0) is 14.8 Å². The summed E-state index contributed by atoms with van der Waals surface area (Å²) in [5.41, 5.74) is 1.31. The Balaban J connectivity index is 1.34. The summed E-state index contributed by atoms with van der Waals surface area (Å²) < 4.78 is 38.0. The number of hydrogen-bond acceptors (Lipinski definition) is 7. The van der Waals surface area contributed by atoms with E-state index in [1.807, 2.05) is 13.0 Å². The topological polar surface area (TPSA) is 102 Å². The summed E-state index contributed by atoms with van der Waals surface area (Å²) in [6, 6.07) is 9.82. The van der Waals surface area contributed by atoms with E-state index < -0.39 is 10.0 Å². The van der Waals surface area contributed by atoms with Crippen LogP contribution in [0.15, 0.2) is 41.3 Å². The molecule has 4 rings (SSSR count). The zero-order valence-corrected chi connectivity index (χ0v) is 18.3. The van der Waals surface area contributed by atoms with Crippen molar-refractivity contribution in [3.8, 4) is 5.88 Å². The minimum absolute atomic E-state index is 0.0119. The number of amides is 1. The predicted molar refractivity (Wildman–Crippen MR) is 112 cm³/mol. The van der Waals surface area contributed by atoms with Crippen molar-refractivity contribution in [1.82, 2.24) is 19.4 Å². The lowest BCUT2D eigenvalue weighted by atomic mass is 10.1. The molecule has 10 heteroatoms. The molecule has 0 unspecified atom stereocenters. The number of nitrogens with zero attached hydrogens (tertiary/aromatic N) is 4. The maximum Gasteiger partial charge on any atom is 0.253 e. The zero-order chi connectivity index (χ0) is 21.8. The standard InChI is InChI=1S/C21H26N4O5S/c1-16-2-7-20(23-22-16)30-18-8-10-24(11-9-18)21(26)17-3-5-19(6-4-17)31(27,28)25-12-14-29-15-13-25/h2-7,18H,8-15H2,1H3. The van der Waals surface area contributed by atoms with Crippen LogP contribution in [0.1, 0.15) is 28.9 Å². The van der Waals surface area contributed by atoms with E-state index in [2.05, 4.69) is 10.2 Å². The molecule has 1 aromatic heterocycles. The molecule has 2 fully saturated rings. The maximum absolute atomic E-state index is 12.9. The van der Waals surface area contributed by atoms with Crippen LogP contribution in [0.25, 0.3) is 0 Å². The Morgan fingerprint density at radius 3 is 2.29 bits per heavy atom. The lowest BCUT2D eigenvalue weighted by molar-refractivity contribution is 0.0586. The molecule has 9 nitrogen and oxygen atoms in total. The second-order valence-electron chi connectivity index (χ2n) is 7.66. The summed E-state index contributed by atoms with van der Waals surface area (Å²) in [7, 11) is -3.57. The van der Waals surface area contributed by atoms with Crippen LogP contribution < -0.4 is 4.74 Å². The third kappa shape index (κ3) is 5.03. The van der Waals surface area contributed by atoms with Gasteiger partial charge in [0.15, 0.2) is 0 Å². The fourth-order valence-electron chi connectivity index (χ4n) is 3.69. The highest BCUT2D eigenvalue weighted by Crippen LogP contribution is 2.21. The molecule has 0 aliphatic carbocycles. The van der Waals surface area contributed by atoms with E-state index in [1.54, 1.807) is 23.1 Å². The highest BCUT2D eigenvalue weighted by molar-refractivity contribution is 7.89. The number of morpholine rings is 1. The van der Waals surface area contributed by atoms with E-state index in [-0.39, 0.29) is 16.9 Å². The van der Waals surface area contributed by atoms with Crippen molar-refractivity contribution < 1.29 is 22.7 Å². The molecule has 3 heterocycles. The van der Waals surface area contributed by atoms with Crippen LogP contribution in [0.3, 0.4) is 0 Å². The lowest BCUT2D eigenvalue weighted by Gasteiger charge is -2.32. The van der Waals surface area contributed by atoms with E-state index in [9.17, 15) is 13.2 Å². The van der Waals surface area contributed by atoms with Gasteiger partial charge in [0.1, 0.15) is 6.10 Å². The molecule has 0 atom stereocenters. The molecule has 1 aromatic carbocycles. The first-order valence-electron chi connectivity index (χ1n) is 10.4. The number of likely N-dealkylation sites (tertiary alicyclic amines) is 1. The Labute approximate surface area is 182 Å². The highest BCUT2D eigenvalue weighted by atomic mass is 32.2. The molecule has 0 saturated carbocycles. The van der Waals surface area contributed by atoms with Crippen LogP contribution in [0.5, 0.6) is 5.88 Å². The van der Waals surface area contributed by atoms with Gasteiger partial charge in [-0.05, 0) is 37.3 Å². The van der Waals surface area contributed by atoms with Gasteiger partial charge in [0.05, 0.1) is 23.8 Å². The third-order valence-electron chi connectivity index (χ3n) is 5.50. The van der Waals surface area contributed by atoms with Gasteiger partial charge in [-0.2, -0.15) is 9.40 Å². The van der Waals surface area contributed by atoms with Crippen LogP contribution in [0, 0.1) is 6.92 Å². The fraction of sp³-hybridized carbons (Fsp3) is 0.476. The van der Waals surface area contributed by atoms with E-state index in [0.717, 1.165) is 5.69 Å². The lowest BCUT2D eigenvalue weighted by Crippen LogP contribution is -2.42. The molecule has 31 heavy (non-hydrogen) atoms. The molecule has 2 aliphatic heterocycles. The average Bonchev–Trinajstić information content (AvgIpc) is 2.81. The van der Waals surface area contributed by atoms with Crippen molar-refractivity contribution >= 4 is 15.9 Å². The molecule has 0 bridgehead atoms. The number of ether oxygens (including phenoxy) is 2. The second-order valence-corrected chi connectivity index (χ2v) is 9.60. The second kappa shape index (κ2) is 9.29. The Morgan fingerprint density at radius 1 is 1.00 bits per heavy atom. The monoisotopic (exact) mass is 446 g/mol. The number of rotatable bonds is 5. The van der Waals surface area contributed by atoms with Crippen molar-refractivity contribution in [3.63, 3.8) is 0 Å². The number of carbonyl (C=O) groups excluding carboxylic acids is 1. The summed E-state index contributed by atoms with van der Waals surface area (Å²) in [5.74, 6) is 0.386. The first kappa shape index (κ1) is 21.7. The van der Waals surface area contributed by atoms with Crippen LogP contribution in [0.2, 0.25) is 0 Å². The van der Waals surface area contributed by atoms with Crippen LogP contribution in [-0.4, -0.2) is 79.2 Å². The highest BCUT2D eigenvalue weighted by Gasteiger charge is 2.28. The first-order chi connectivity index (χ1) is 14.9. The van der Waals surface area contributed by atoms with E-state index >= 15 is 0 Å². The zero-order valence-electron chi connectivity index (χ0n) is 17.4. The summed E-state index contributed by atoms with van der Waals surface area (Å²) in [4.78, 5) is 14.8. The molecule has 2 saturated heterocycles. The molecule has 0 spiro atoms. The summed E-state index contributed by atoms with van der Waals surface area (Å²) in [5, 5.41) is 8.01. The Morgan fingerprint density at radius 2 is 1.68 bits per heavy atom. The Hall–Kier alpha value is -2.56. The number of carbonyl (C=O) groups is 1. The van der Waals surface area contributed by atoms with Gasteiger partial charge in [-0.3, -0.25) is 4.79 Å². The Bertz CT molecular complexity index is 997. The summed E-state index contributed by atoms with van der Waals surface area (Å²) in [6.45, 7) is 4.47. The van der Waals surface area contributed by atoms with Gasteiger partial charge in [-0.1, -0.05) is 0 Å². The van der Waals surface area contributed by atoms with Gasteiger partial charge in [0, 0.05) is 50.7 Å². The van der Waals surface area contributed by atoms with Crippen LogP contribution >= 0.6 is 0 Å². The number of benzene rings is 1. The molecular formula is C21H26N4O5S. The van der Waals surface area contributed by atoms with E-state index in [4.69, 9.17) is 9.47 Å². The van der Waals surface area contributed by atoms with E-state index in [0.29, 0.717) is 63.7 Å². The van der Waals surface area contributed by atoms with Crippen LogP contribution in [0.4, 0.5) is 0 Å². The molecule has 2 aliphatic rings. The maximum atomic E-state index is 12.9. The van der Waals surface area contributed by atoms with Gasteiger partial charge >= 0.3 is 0 Å². The normalized spacial score (nSPS) is 18.7. The van der Waals surface area contributed by atoms with Crippen molar-refractivity contribution in [1.29, 1.82) is 0 Å². The van der Waals surface area contributed by atoms with Gasteiger partial charge < -0.3 is 14.4 Å². The summed E-state index contributed by atoms with van der Waals surface area (Å²) in [6.07, 6.45) is 1.39. The number of aryl methyl sites for hydroxylation is 1. The number of piperidine rings is 1. The predicted octanol–water partition coefficient (Wildman–Crippen LogP) is 1.49. The third-order valence-corrected chi connectivity index (χ3v) is 7.41. The van der Waals surface area contributed by atoms with Crippen molar-refractivity contribution in [2.75, 3.05) is 39.4 Å². The minimum atomic E-state index is -3.57. The SMILES string of the molecule is Cc1ccc(OC2CCN(C(=O)c3ccc(S(=O)(=O)N4CCOCC4)cc3)CC2)nn1. The average molecular weight is 447 g/mol. The van der Waals surface area contributed by atoms with E-state index in [1.165, 1.54) is 16.4 Å². The van der Waals surface area contributed by atoms with Crippen molar-refractivity contribution in [2.45, 2.75) is 30.8 Å².